The molecular weight excluding hydrogens is 413 g/mol. The minimum atomic E-state index is -0.976. The Hall–Kier alpha value is -3.26. The molecule has 0 unspecified atom stereocenters. The van der Waals surface area contributed by atoms with E-state index in [-0.39, 0.29) is 5.56 Å². The van der Waals surface area contributed by atoms with Crippen molar-refractivity contribution >= 4 is 17.3 Å². The Kier molecular flexibility index (Phi) is 9.81. The Morgan fingerprint density at radius 2 is 1.81 bits per heavy atom. The summed E-state index contributed by atoms with van der Waals surface area (Å²) in [6.07, 6.45) is 6.27. The van der Waals surface area contributed by atoms with Gasteiger partial charge in [0.15, 0.2) is 0 Å². The number of amides is 1. The number of halogens is 1. The highest BCUT2D eigenvalue weighted by Gasteiger charge is 2.20. The number of nitro benzene ring substituents is 1. The Morgan fingerprint density at radius 3 is 2.47 bits per heavy atom. The number of hydrogen-bond donors (Lipinski definition) is 0. The first-order chi connectivity index (χ1) is 15.3. The molecule has 0 N–H and O–H groups in total. The third kappa shape index (κ3) is 7.46. The molecule has 0 saturated heterocycles. The maximum atomic E-state index is 13.5. The first-order valence-corrected chi connectivity index (χ1v) is 10.6. The molecule has 0 radical (unpaired) electrons. The van der Waals surface area contributed by atoms with E-state index in [4.69, 9.17) is 4.74 Å². The topological polar surface area (TPSA) is 75.9 Å². The number of hydrogen-bond acceptors (Lipinski definition) is 5. The van der Waals surface area contributed by atoms with Gasteiger partial charge in [0.05, 0.1) is 11.5 Å². The van der Waals surface area contributed by atoms with E-state index in [1.165, 1.54) is 11.0 Å². The molecule has 0 aliphatic carbocycles. The molecule has 0 bridgehead atoms. The van der Waals surface area contributed by atoms with Gasteiger partial charge in [-0.2, -0.15) is 4.39 Å². The maximum absolute atomic E-state index is 13.5. The zero-order valence-corrected chi connectivity index (χ0v) is 18.6. The summed E-state index contributed by atoms with van der Waals surface area (Å²) in [6.45, 7) is 6.32. The number of unbranched alkanes of at least 4 members (excludes halogenated alkanes) is 3. The molecule has 0 fully saturated rings. The first-order valence-electron chi connectivity index (χ1n) is 10.6. The van der Waals surface area contributed by atoms with Crippen LogP contribution in [-0.2, 0) is 0 Å². The molecule has 2 aromatic carbocycles. The second kappa shape index (κ2) is 12.6. The molecule has 8 heteroatoms. The lowest BCUT2D eigenvalue weighted by Gasteiger charge is -2.18. The highest BCUT2D eigenvalue weighted by Crippen LogP contribution is 2.23. The molecule has 2 rings (SSSR count). The van der Waals surface area contributed by atoms with Crippen LogP contribution in [-0.4, -0.2) is 49.5 Å². The number of carbonyl (C=O) groups excluding carboxylic acids is 1. The van der Waals surface area contributed by atoms with Crippen LogP contribution >= 0.6 is 0 Å². The van der Waals surface area contributed by atoms with E-state index < -0.39 is 22.3 Å². The summed E-state index contributed by atoms with van der Waals surface area (Å²) in [4.78, 5) is 26.3. The molecule has 0 saturated carbocycles. The summed E-state index contributed by atoms with van der Waals surface area (Å²) in [6, 6.07) is 10.1. The molecule has 7 nitrogen and oxygen atoms in total. The summed E-state index contributed by atoms with van der Waals surface area (Å²) in [7, 11) is 3.64. The number of likely N-dealkylation sites (N-methyl/N-ethyl adjacent to an activating group) is 1. The van der Waals surface area contributed by atoms with Crippen LogP contribution in [0.1, 0.15) is 36.0 Å². The average Bonchev–Trinajstić information content (AvgIpc) is 2.78. The van der Waals surface area contributed by atoms with Gasteiger partial charge in [-0.25, -0.2) is 0 Å². The first kappa shape index (κ1) is 25.0. The van der Waals surface area contributed by atoms with E-state index in [1.54, 1.807) is 31.3 Å². The van der Waals surface area contributed by atoms with E-state index >= 15 is 0 Å². The van der Waals surface area contributed by atoms with E-state index in [9.17, 15) is 19.3 Å². The van der Waals surface area contributed by atoms with Crippen molar-refractivity contribution in [3.05, 3.63) is 76.6 Å². The largest absolute Gasteiger partial charge is 0.494 e. The third-order valence-corrected chi connectivity index (χ3v) is 5.06. The zero-order valence-electron chi connectivity index (χ0n) is 18.6. The fourth-order valence-electron chi connectivity index (χ4n) is 3.20. The van der Waals surface area contributed by atoms with Gasteiger partial charge >= 0.3 is 5.69 Å². The molecule has 0 spiro atoms. The maximum Gasteiger partial charge on any atom is 0.305 e. The zero-order chi connectivity index (χ0) is 23.5. The number of benzene rings is 2. The van der Waals surface area contributed by atoms with Crippen LogP contribution in [0.3, 0.4) is 0 Å². The van der Waals surface area contributed by atoms with Crippen molar-refractivity contribution in [3.8, 4) is 5.75 Å². The van der Waals surface area contributed by atoms with Gasteiger partial charge in [-0.3, -0.25) is 14.9 Å². The number of nitrogens with zero attached hydrogens (tertiary/aromatic N) is 3. The van der Waals surface area contributed by atoms with Gasteiger partial charge in [0.1, 0.15) is 5.75 Å². The lowest BCUT2D eigenvalue weighted by Crippen LogP contribution is -2.26. The van der Waals surface area contributed by atoms with Gasteiger partial charge in [-0.15, -0.1) is 6.58 Å². The highest BCUT2D eigenvalue weighted by atomic mass is 19.1. The van der Waals surface area contributed by atoms with E-state index in [1.807, 2.05) is 6.08 Å². The standard InChI is InChI=1S/C24H30FN3O4/c1-4-15-26(2)16-7-5-6-8-17-32-21-12-10-20(11-13-21)27(3)24(29)19-9-14-22(25)23(18-19)28(30)31/h4,9-14,18H,1,5-8,15-17H2,2-3H3. The monoisotopic (exact) mass is 443 g/mol. The number of ether oxygens (including phenoxy) is 1. The predicted molar refractivity (Wildman–Crippen MR) is 124 cm³/mol. The molecule has 2 aromatic rings. The van der Waals surface area contributed by atoms with Crippen molar-refractivity contribution in [3.63, 3.8) is 0 Å². The highest BCUT2D eigenvalue weighted by molar-refractivity contribution is 6.06. The molecule has 0 aliphatic rings. The minimum Gasteiger partial charge on any atom is -0.494 e. The van der Waals surface area contributed by atoms with Crippen molar-refractivity contribution in [2.75, 3.05) is 38.7 Å². The van der Waals surface area contributed by atoms with Crippen LogP contribution in [0, 0.1) is 15.9 Å². The smallest absolute Gasteiger partial charge is 0.305 e. The van der Waals surface area contributed by atoms with Crippen LogP contribution in [0.5, 0.6) is 5.75 Å². The summed E-state index contributed by atoms with van der Waals surface area (Å²) in [5, 5.41) is 10.9. The summed E-state index contributed by atoms with van der Waals surface area (Å²) < 4.78 is 19.3. The molecule has 0 atom stereocenters. The summed E-state index contributed by atoms with van der Waals surface area (Å²) in [5.74, 6) is -0.742. The second-order valence-electron chi connectivity index (χ2n) is 7.59. The number of carbonyl (C=O) groups is 1. The Bertz CT molecular complexity index is 918. The number of anilines is 1. The van der Waals surface area contributed by atoms with E-state index in [0.29, 0.717) is 18.0 Å². The molecule has 0 aliphatic heterocycles. The predicted octanol–water partition coefficient (Wildman–Crippen LogP) is 5.07. The van der Waals surface area contributed by atoms with Gasteiger partial charge in [0.2, 0.25) is 5.82 Å². The molecule has 1 amide bonds. The molecule has 172 valence electrons. The van der Waals surface area contributed by atoms with Crippen LogP contribution in [0.4, 0.5) is 15.8 Å². The minimum absolute atomic E-state index is 0.0385. The van der Waals surface area contributed by atoms with Crippen LogP contribution in [0.15, 0.2) is 55.1 Å². The third-order valence-electron chi connectivity index (χ3n) is 5.06. The van der Waals surface area contributed by atoms with Gasteiger partial charge in [0, 0.05) is 30.9 Å². The van der Waals surface area contributed by atoms with E-state index in [2.05, 4.69) is 18.5 Å². The number of nitro groups is 1. The van der Waals surface area contributed by atoms with Crippen molar-refractivity contribution in [2.24, 2.45) is 0 Å². The van der Waals surface area contributed by atoms with Crippen LogP contribution < -0.4 is 9.64 Å². The van der Waals surface area contributed by atoms with Crippen LogP contribution in [0.2, 0.25) is 0 Å². The van der Waals surface area contributed by atoms with Crippen LogP contribution in [0.25, 0.3) is 0 Å². The molecule has 0 aromatic heterocycles. The van der Waals surface area contributed by atoms with Gasteiger partial charge in [0.25, 0.3) is 5.91 Å². The summed E-state index contributed by atoms with van der Waals surface area (Å²) in [5.41, 5.74) is -0.0913. The molecule has 32 heavy (non-hydrogen) atoms. The average molecular weight is 444 g/mol. The normalized spacial score (nSPS) is 10.8. The Morgan fingerprint density at radius 1 is 1.12 bits per heavy atom. The SMILES string of the molecule is C=CCN(C)CCCCCCOc1ccc(N(C)C(=O)c2ccc(F)c([N+](=O)[O-])c2)cc1. The van der Waals surface area contributed by atoms with Gasteiger partial charge in [-0.1, -0.05) is 18.9 Å². The molecule has 0 heterocycles. The fourth-order valence-corrected chi connectivity index (χ4v) is 3.20. The van der Waals surface area contributed by atoms with Crippen molar-refractivity contribution in [1.29, 1.82) is 0 Å². The Labute approximate surface area is 188 Å². The second-order valence-corrected chi connectivity index (χ2v) is 7.59. The quantitative estimate of drug-likeness (QED) is 0.187. The Balaban J connectivity index is 1.80. The van der Waals surface area contributed by atoms with Gasteiger partial charge < -0.3 is 14.5 Å². The van der Waals surface area contributed by atoms with Gasteiger partial charge in [-0.05, 0) is 62.8 Å². The van der Waals surface area contributed by atoms with E-state index in [0.717, 1.165) is 50.9 Å². The fraction of sp³-hybridized carbons (Fsp3) is 0.375. The van der Waals surface area contributed by atoms with Crippen molar-refractivity contribution < 1.29 is 18.8 Å². The van der Waals surface area contributed by atoms with Crippen molar-refractivity contribution in [1.82, 2.24) is 4.90 Å². The lowest BCUT2D eigenvalue weighted by molar-refractivity contribution is -0.387. The lowest BCUT2D eigenvalue weighted by atomic mass is 10.1. The summed E-state index contributed by atoms with van der Waals surface area (Å²) >= 11 is 0. The molecular formula is C24H30FN3O4. The van der Waals surface area contributed by atoms with Crippen molar-refractivity contribution in [2.45, 2.75) is 25.7 Å². The number of rotatable bonds is 13.